The van der Waals surface area contributed by atoms with Crippen LogP contribution in [0.4, 0.5) is 5.82 Å². The highest BCUT2D eigenvalue weighted by Gasteiger charge is 2.33. The van der Waals surface area contributed by atoms with E-state index in [0.717, 1.165) is 24.0 Å². The molecule has 2 rings (SSSR count). The van der Waals surface area contributed by atoms with Crippen LogP contribution in [-0.4, -0.2) is 22.5 Å². The Balaban J connectivity index is 2.14. The molecule has 0 saturated carbocycles. The number of rotatable bonds is 2. The largest absolute Gasteiger partial charge is 0.459 e. The van der Waals surface area contributed by atoms with E-state index in [9.17, 15) is 9.59 Å². The fourth-order valence-corrected chi connectivity index (χ4v) is 2.48. The molecule has 1 atom stereocenters. The highest BCUT2D eigenvalue weighted by atomic mass is 16.6. The second-order valence-corrected chi connectivity index (χ2v) is 8.10. The van der Waals surface area contributed by atoms with Gasteiger partial charge in [-0.3, -0.25) is 9.59 Å². The minimum absolute atomic E-state index is 0.0772. The Morgan fingerprint density at radius 3 is 2.43 bits per heavy atom. The predicted molar refractivity (Wildman–Crippen MR) is 89.2 cm³/mol. The van der Waals surface area contributed by atoms with Crippen molar-refractivity contribution in [2.24, 2.45) is 5.41 Å². The molecule has 0 radical (unpaired) electrons. The summed E-state index contributed by atoms with van der Waals surface area (Å²) >= 11 is 0. The number of fused-ring (bicyclic) bond motifs is 1. The molecule has 23 heavy (non-hydrogen) atoms. The van der Waals surface area contributed by atoms with Gasteiger partial charge in [-0.2, -0.15) is 0 Å². The summed E-state index contributed by atoms with van der Waals surface area (Å²) < 4.78 is 5.48. The molecule has 0 saturated heterocycles. The van der Waals surface area contributed by atoms with Crippen LogP contribution in [0.25, 0.3) is 0 Å². The predicted octanol–water partition coefficient (Wildman–Crippen LogP) is 3.44. The van der Waals surface area contributed by atoms with Gasteiger partial charge in [0, 0.05) is 11.6 Å². The molecule has 1 unspecified atom stereocenters. The molecule has 5 heteroatoms. The zero-order valence-electron chi connectivity index (χ0n) is 14.8. The Morgan fingerprint density at radius 1 is 1.22 bits per heavy atom. The van der Waals surface area contributed by atoms with E-state index in [0.29, 0.717) is 5.82 Å². The third-order valence-electron chi connectivity index (χ3n) is 3.72. The molecule has 1 amide bonds. The van der Waals surface area contributed by atoms with Gasteiger partial charge in [-0.05, 0) is 50.8 Å². The maximum Gasteiger partial charge on any atom is 0.314 e. The van der Waals surface area contributed by atoms with E-state index in [4.69, 9.17) is 4.74 Å². The summed E-state index contributed by atoms with van der Waals surface area (Å²) in [5.41, 5.74) is 1.00. The zero-order valence-corrected chi connectivity index (χ0v) is 14.8. The molecule has 0 spiro atoms. The molecule has 126 valence electrons. The monoisotopic (exact) mass is 318 g/mol. The minimum atomic E-state index is -0.492. The van der Waals surface area contributed by atoms with Crippen LogP contribution in [0.2, 0.25) is 0 Å². The first-order chi connectivity index (χ1) is 10.5. The normalized spacial score (nSPS) is 17.6. The lowest BCUT2D eigenvalue weighted by Crippen LogP contribution is -2.28. The van der Waals surface area contributed by atoms with E-state index in [1.165, 1.54) is 0 Å². The van der Waals surface area contributed by atoms with Crippen LogP contribution in [0.5, 0.6) is 0 Å². The third-order valence-corrected chi connectivity index (χ3v) is 3.72. The van der Waals surface area contributed by atoms with E-state index in [1.807, 2.05) is 47.6 Å². The van der Waals surface area contributed by atoms with Crippen LogP contribution >= 0.6 is 0 Å². The summed E-state index contributed by atoms with van der Waals surface area (Å²) in [6.07, 6.45) is 3.21. The van der Waals surface area contributed by atoms with Crippen LogP contribution < -0.4 is 5.32 Å². The maximum absolute atomic E-state index is 12.3. The first-order valence-corrected chi connectivity index (χ1v) is 8.00. The molecule has 0 bridgehead atoms. The van der Waals surface area contributed by atoms with Crippen molar-refractivity contribution in [3.05, 3.63) is 23.4 Å². The summed E-state index contributed by atoms with van der Waals surface area (Å²) in [4.78, 5) is 28.6. The number of amides is 1. The number of esters is 1. The molecular weight excluding hydrogens is 292 g/mol. The number of carbonyl (C=O) groups is 2. The first-order valence-electron chi connectivity index (χ1n) is 8.00. The fraction of sp³-hybridized carbons (Fsp3) is 0.611. The number of hydrogen-bond donors (Lipinski definition) is 1. The number of nitrogens with one attached hydrogen (secondary N) is 1. The maximum atomic E-state index is 12.3. The van der Waals surface area contributed by atoms with Gasteiger partial charge >= 0.3 is 5.97 Å². The lowest BCUT2D eigenvalue weighted by molar-refractivity contribution is -0.156. The third kappa shape index (κ3) is 4.30. The van der Waals surface area contributed by atoms with E-state index >= 15 is 0 Å². The van der Waals surface area contributed by atoms with Crippen LogP contribution in [0.3, 0.4) is 0 Å². The quantitative estimate of drug-likeness (QED) is 0.848. The van der Waals surface area contributed by atoms with Crippen LogP contribution in [0, 0.1) is 5.41 Å². The van der Waals surface area contributed by atoms with Gasteiger partial charge in [-0.15, -0.1) is 0 Å². The Labute approximate surface area is 137 Å². The average Bonchev–Trinajstić information content (AvgIpc) is 2.78. The van der Waals surface area contributed by atoms with Gasteiger partial charge < -0.3 is 10.1 Å². The number of hydrogen-bond acceptors (Lipinski definition) is 4. The Morgan fingerprint density at radius 2 is 1.87 bits per heavy atom. The number of anilines is 1. The summed E-state index contributed by atoms with van der Waals surface area (Å²) in [5, 5.41) is 2.83. The highest BCUT2D eigenvalue weighted by Crippen LogP contribution is 2.35. The van der Waals surface area contributed by atoms with E-state index in [-0.39, 0.29) is 17.8 Å². The SMILES string of the molecule is CC(C)(C)OC(=O)C1CCc2cc(NC(=O)C(C)(C)C)ncc21. The second kappa shape index (κ2) is 5.95. The summed E-state index contributed by atoms with van der Waals surface area (Å²) in [6.45, 7) is 11.2. The molecule has 1 aromatic heterocycles. The highest BCUT2D eigenvalue weighted by molar-refractivity contribution is 5.93. The number of pyridine rings is 1. The number of aromatic nitrogens is 1. The molecular formula is C18H26N2O3. The van der Waals surface area contributed by atoms with Crippen molar-refractivity contribution in [1.29, 1.82) is 0 Å². The van der Waals surface area contributed by atoms with Gasteiger partial charge in [-0.1, -0.05) is 20.8 Å². The van der Waals surface area contributed by atoms with Crippen molar-refractivity contribution in [1.82, 2.24) is 4.98 Å². The van der Waals surface area contributed by atoms with Crippen molar-refractivity contribution < 1.29 is 14.3 Å². The van der Waals surface area contributed by atoms with Gasteiger partial charge in [0.1, 0.15) is 11.4 Å². The van der Waals surface area contributed by atoms with Gasteiger partial charge in [0.25, 0.3) is 0 Å². The number of nitrogens with zero attached hydrogens (tertiary/aromatic N) is 1. The Kier molecular flexibility index (Phi) is 4.51. The zero-order chi connectivity index (χ0) is 17.4. The van der Waals surface area contributed by atoms with E-state index in [2.05, 4.69) is 10.3 Å². The average molecular weight is 318 g/mol. The Bertz CT molecular complexity index is 624. The Hall–Kier alpha value is -1.91. The van der Waals surface area contributed by atoms with Gasteiger partial charge in [0.05, 0.1) is 5.92 Å². The number of carbonyl (C=O) groups excluding carboxylic acids is 2. The van der Waals surface area contributed by atoms with Crippen LogP contribution in [0.15, 0.2) is 12.3 Å². The van der Waals surface area contributed by atoms with Crippen LogP contribution in [-0.2, 0) is 20.7 Å². The van der Waals surface area contributed by atoms with Gasteiger partial charge in [0.2, 0.25) is 5.91 Å². The lowest BCUT2D eigenvalue weighted by atomic mass is 9.96. The van der Waals surface area contributed by atoms with Crippen molar-refractivity contribution in [3.8, 4) is 0 Å². The molecule has 1 N–H and O–H groups in total. The molecule has 1 aliphatic carbocycles. The molecule has 0 fully saturated rings. The van der Waals surface area contributed by atoms with Crippen molar-refractivity contribution >= 4 is 17.7 Å². The molecule has 1 aromatic rings. The number of aryl methyl sites for hydroxylation is 1. The van der Waals surface area contributed by atoms with Gasteiger partial charge in [0.15, 0.2) is 0 Å². The fourth-order valence-electron chi connectivity index (χ4n) is 2.48. The van der Waals surface area contributed by atoms with Crippen LogP contribution in [0.1, 0.15) is 65.0 Å². The topological polar surface area (TPSA) is 68.3 Å². The molecule has 1 heterocycles. The summed E-state index contributed by atoms with van der Waals surface area (Å²) in [5.74, 6) is -0.00577. The van der Waals surface area contributed by atoms with Gasteiger partial charge in [-0.25, -0.2) is 4.98 Å². The lowest BCUT2D eigenvalue weighted by Gasteiger charge is -2.22. The summed E-state index contributed by atoms with van der Waals surface area (Å²) in [7, 11) is 0. The molecule has 5 nitrogen and oxygen atoms in total. The minimum Gasteiger partial charge on any atom is -0.459 e. The van der Waals surface area contributed by atoms with E-state index < -0.39 is 11.0 Å². The second-order valence-electron chi connectivity index (χ2n) is 8.10. The van der Waals surface area contributed by atoms with Crippen molar-refractivity contribution in [2.45, 2.75) is 65.9 Å². The molecule has 1 aliphatic rings. The standard InChI is InChI=1S/C18H26N2O3/c1-17(2,3)16(22)20-14-9-11-7-8-12(13(11)10-19-14)15(21)23-18(4,5)6/h9-10,12H,7-8H2,1-6H3,(H,19,20,22). The first kappa shape index (κ1) is 17.4. The van der Waals surface area contributed by atoms with Crippen molar-refractivity contribution in [2.75, 3.05) is 5.32 Å². The molecule has 0 aliphatic heterocycles. The number of ether oxygens (including phenoxy) is 1. The van der Waals surface area contributed by atoms with Crippen molar-refractivity contribution in [3.63, 3.8) is 0 Å². The smallest absolute Gasteiger partial charge is 0.314 e. The van der Waals surface area contributed by atoms with E-state index in [1.54, 1.807) is 6.20 Å². The summed E-state index contributed by atoms with van der Waals surface area (Å²) in [6, 6.07) is 1.86. The molecule has 0 aromatic carbocycles.